The van der Waals surface area contributed by atoms with Crippen LogP contribution < -0.4 is 10.9 Å². The molecule has 0 radical (unpaired) electrons. The summed E-state index contributed by atoms with van der Waals surface area (Å²) in [7, 11) is 0. The van der Waals surface area contributed by atoms with Crippen LogP contribution in [0.15, 0.2) is 64.4 Å². The first-order valence-electron chi connectivity index (χ1n) is 9.06. The molecule has 1 aromatic heterocycles. The SMILES string of the molecule is Cc1ccc(-n2nc(SC(C)C(=O)Nc3ccc(C)c(C)c3)ccc2=O)cc1. The Hall–Kier alpha value is -2.86. The number of carbonyl (C=O) groups is 1. The Balaban J connectivity index is 1.74. The summed E-state index contributed by atoms with van der Waals surface area (Å²) in [5.41, 5.74) is 4.69. The van der Waals surface area contributed by atoms with Crippen LogP contribution >= 0.6 is 11.8 Å². The normalized spacial score (nSPS) is 11.9. The molecule has 1 atom stereocenters. The lowest BCUT2D eigenvalue weighted by molar-refractivity contribution is -0.115. The number of rotatable bonds is 5. The highest BCUT2D eigenvalue weighted by Crippen LogP contribution is 2.22. The molecular formula is C22H23N3O2S. The number of hydrogen-bond donors (Lipinski definition) is 1. The predicted octanol–water partition coefficient (Wildman–Crippen LogP) is 4.28. The van der Waals surface area contributed by atoms with E-state index in [0.29, 0.717) is 10.7 Å². The number of aryl methyl sites for hydroxylation is 3. The maximum absolute atomic E-state index is 12.5. The topological polar surface area (TPSA) is 64.0 Å². The van der Waals surface area contributed by atoms with Crippen LogP contribution in [0.4, 0.5) is 5.69 Å². The van der Waals surface area contributed by atoms with Crippen molar-refractivity contribution < 1.29 is 4.79 Å². The van der Waals surface area contributed by atoms with Gasteiger partial charge in [-0.2, -0.15) is 9.78 Å². The van der Waals surface area contributed by atoms with Gasteiger partial charge in [-0.3, -0.25) is 9.59 Å². The summed E-state index contributed by atoms with van der Waals surface area (Å²) in [6, 6.07) is 16.5. The molecule has 1 amide bonds. The summed E-state index contributed by atoms with van der Waals surface area (Å²) in [5.74, 6) is -0.108. The molecule has 0 aliphatic heterocycles. The van der Waals surface area contributed by atoms with Gasteiger partial charge in [-0.15, -0.1) is 0 Å². The second-order valence-electron chi connectivity index (χ2n) is 6.81. The first-order valence-corrected chi connectivity index (χ1v) is 9.93. The third kappa shape index (κ3) is 4.70. The highest BCUT2D eigenvalue weighted by Gasteiger charge is 2.16. The lowest BCUT2D eigenvalue weighted by atomic mass is 10.1. The van der Waals surface area contributed by atoms with Gasteiger partial charge in [0.1, 0.15) is 5.03 Å². The van der Waals surface area contributed by atoms with E-state index in [4.69, 9.17) is 0 Å². The van der Waals surface area contributed by atoms with Crippen molar-refractivity contribution in [3.63, 3.8) is 0 Å². The van der Waals surface area contributed by atoms with Crippen molar-refractivity contribution in [1.82, 2.24) is 9.78 Å². The third-order valence-electron chi connectivity index (χ3n) is 4.50. The average Bonchev–Trinajstić information content (AvgIpc) is 2.67. The molecule has 1 N–H and O–H groups in total. The van der Waals surface area contributed by atoms with E-state index in [-0.39, 0.29) is 16.7 Å². The van der Waals surface area contributed by atoms with Gasteiger partial charge >= 0.3 is 0 Å². The van der Waals surface area contributed by atoms with Crippen LogP contribution in [0, 0.1) is 20.8 Å². The number of benzene rings is 2. The Bertz CT molecular complexity index is 1060. The Labute approximate surface area is 168 Å². The number of anilines is 1. The first kappa shape index (κ1) is 19.9. The molecule has 1 heterocycles. The second-order valence-corrected chi connectivity index (χ2v) is 8.17. The van der Waals surface area contributed by atoms with Crippen LogP contribution in [0.25, 0.3) is 5.69 Å². The molecule has 3 rings (SSSR count). The average molecular weight is 394 g/mol. The number of nitrogens with one attached hydrogen (secondary N) is 1. The van der Waals surface area contributed by atoms with Crippen LogP contribution in [0.5, 0.6) is 0 Å². The largest absolute Gasteiger partial charge is 0.325 e. The summed E-state index contributed by atoms with van der Waals surface area (Å²) >= 11 is 1.32. The number of amides is 1. The maximum atomic E-state index is 12.5. The summed E-state index contributed by atoms with van der Waals surface area (Å²) < 4.78 is 1.36. The molecule has 1 unspecified atom stereocenters. The molecule has 0 aliphatic carbocycles. The fraction of sp³-hybridized carbons (Fsp3) is 0.227. The summed E-state index contributed by atoms with van der Waals surface area (Å²) in [4.78, 5) is 24.7. The highest BCUT2D eigenvalue weighted by molar-refractivity contribution is 8.00. The zero-order valence-corrected chi connectivity index (χ0v) is 17.2. The number of carbonyl (C=O) groups excluding carboxylic acids is 1. The number of hydrogen-bond acceptors (Lipinski definition) is 4. The second kappa shape index (κ2) is 8.44. The molecule has 0 saturated carbocycles. The van der Waals surface area contributed by atoms with Crippen LogP contribution in [-0.4, -0.2) is 20.9 Å². The number of aromatic nitrogens is 2. The van der Waals surface area contributed by atoms with Gasteiger partial charge in [-0.1, -0.05) is 35.5 Å². The molecule has 3 aromatic rings. The van der Waals surface area contributed by atoms with Crippen molar-refractivity contribution in [2.24, 2.45) is 0 Å². The van der Waals surface area contributed by atoms with Gasteiger partial charge in [0.25, 0.3) is 5.56 Å². The Morgan fingerprint density at radius 1 is 1.00 bits per heavy atom. The molecule has 28 heavy (non-hydrogen) atoms. The number of nitrogens with zero attached hydrogens (tertiary/aromatic N) is 2. The van der Waals surface area contributed by atoms with Gasteiger partial charge in [0.2, 0.25) is 5.91 Å². The Kier molecular flexibility index (Phi) is 5.99. The molecule has 6 heteroatoms. The van der Waals surface area contributed by atoms with Gasteiger partial charge in [-0.05, 0) is 69.2 Å². The fourth-order valence-corrected chi connectivity index (χ4v) is 3.43. The molecule has 0 fully saturated rings. The van der Waals surface area contributed by atoms with Crippen LogP contribution in [0.3, 0.4) is 0 Å². The van der Waals surface area contributed by atoms with E-state index < -0.39 is 0 Å². The predicted molar refractivity (Wildman–Crippen MR) is 114 cm³/mol. The summed E-state index contributed by atoms with van der Waals surface area (Å²) in [6.45, 7) is 7.86. The Morgan fingerprint density at radius 3 is 2.39 bits per heavy atom. The van der Waals surface area contributed by atoms with E-state index in [0.717, 1.165) is 16.8 Å². The standard InChI is InChI=1S/C22H23N3O2S/c1-14-5-9-19(10-6-14)25-21(26)12-11-20(24-25)28-17(4)22(27)23-18-8-7-15(2)16(3)13-18/h5-13,17H,1-4H3,(H,23,27). The molecule has 144 valence electrons. The molecule has 0 spiro atoms. The van der Waals surface area contributed by atoms with E-state index in [1.807, 2.05) is 70.2 Å². The number of thioether (sulfide) groups is 1. The van der Waals surface area contributed by atoms with Crippen molar-refractivity contribution in [1.29, 1.82) is 0 Å². The van der Waals surface area contributed by atoms with Crippen molar-refractivity contribution in [2.75, 3.05) is 5.32 Å². The van der Waals surface area contributed by atoms with Gasteiger partial charge in [0, 0.05) is 11.8 Å². The minimum atomic E-state index is -0.363. The van der Waals surface area contributed by atoms with Crippen molar-refractivity contribution in [3.05, 3.63) is 81.6 Å². The van der Waals surface area contributed by atoms with Gasteiger partial charge < -0.3 is 5.32 Å². The molecule has 0 bridgehead atoms. The van der Waals surface area contributed by atoms with E-state index >= 15 is 0 Å². The minimum absolute atomic E-state index is 0.108. The first-order chi connectivity index (χ1) is 13.3. The molecule has 5 nitrogen and oxygen atoms in total. The molecule has 2 aromatic carbocycles. The monoisotopic (exact) mass is 393 g/mol. The van der Waals surface area contributed by atoms with Crippen molar-refractivity contribution in [2.45, 2.75) is 38.0 Å². The molecule has 0 aliphatic rings. The lowest BCUT2D eigenvalue weighted by Crippen LogP contribution is -2.24. The van der Waals surface area contributed by atoms with E-state index in [1.54, 1.807) is 6.07 Å². The van der Waals surface area contributed by atoms with Gasteiger partial charge in [0.15, 0.2) is 0 Å². The van der Waals surface area contributed by atoms with E-state index in [9.17, 15) is 9.59 Å². The lowest BCUT2D eigenvalue weighted by Gasteiger charge is -2.13. The zero-order valence-electron chi connectivity index (χ0n) is 16.4. The summed E-state index contributed by atoms with van der Waals surface area (Å²) in [5, 5.41) is 7.60. The quantitative estimate of drug-likeness (QED) is 0.657. The van der Waals surface area contributed by atoms with E-state index in [1.165, 1.54) is 28.1 Å². The molecular weight excluding hydrogens is 370 g/mol. The van der Waals surface area contributed by atoms with Crippen molar-refractivity contribution in [3.8, 4) is 5.69 Å². The van der Waals surface area contributed by atoms with Crippen LogP contribution in [0.1, 0.15) is 23.6 Å². The highest BCUT2D eigenvalue weighted by atomic mass is 32.2. The van der Waals surface area contributed by atoms with Crippen LogP contribution in [0.2, 0.25) is 0 Å². The van der Waals surface area contributed by atoms with Crippen molar-refractivity contribution >= 4 is 23.4 Å². The maximum Gasteiger partial charge on any atom is 0.271 e. The van der Waals surface area contributed by atoms with Gasteiger partial charge in [-0.25, -0.2) is 0 Å². The van der Waals surface area contributed by atoms with Crippen LogP contribution in [-0.2, 0) is 4.79 Å². The fourth-order valence-electron chi connectivity index (χ4n) is 2.63. The molecule has 0 saturated heterocycles. The summed E-state index contributed by atoms with van der Waals surface area (Å²) in [6.07, 6.45) is 0. The Morgan fingerprint density at radius 2 is 1.71 bits per heavy atom. The third-order valence-corrected chi connectivity index (χ3v) is 5.52. The minimum Gasteiger partial charge on any atom is -0.325 e. The van der Waals surface area contributed by atoms with Gasteiger partial charge in [0.05, 0.1) is 10.9 Å². The zero-order chi connectivity index (χ0) is 20.3. The van der Waals surface area contributed by atoms with E-state index in [2.05, 4.69) is 10.4 Å². The smallest absolute Gasteiger partial charge is 0.271 e.